The van der Waals surface area contributed by atoms with Crippen LogP contribution in [-0.4, -0.2) is 20.2 Å². The minimum Gasteiger partial charge on any atom is -0.322 e. The van der Waals surface area contributed by atoms with Gasteiger partial charge in [-0.2, -0.15) is 0 Å². The number of hydrogen-bond acceptors (Lipinski definition) is 4. The molecule has 8 heteroatoms. The first-order chi connectivity index (χ1) is 11.8. The Kier molecular flexibility index (Phi) is 6.17. The molecule has 0 aliphatic heterocycles. The van der Waals surface area contributed by atoms with Gasteiger partial charge in [-0.15, -0.1) is 0 Å². The lowest BCUT2D eigenvalue weighted by Crippen LogP contribution is -2.30. The molecule has 6 nitrogen and oxygen atoms in total. The van der Waals surface area contributed by atoms with Crippen molar-refractivity contribution in [2.24, 2.45) is 0 Å². The zero-order chi connectivity index (χ0) is 18.4. The largest absolute Gasteiger partial charge is 0.322 e. The summed E-state index contributed by atoms with van der Waals surface area (Å²) in [6, 6.07) is 11.9. The van der Waals surface area contributed by atoms with Gasteiger partial charge in [-0.25, -0.2) is 13.1 Å². The van der Waals surface area contributed by atoms with Gasteiger partial charge in [-0.1, -0.05) is 18.5 Å². The molecular weight excluding hydrogens is 364 g/mol. The molecule has 0 bridgehead atoms. The molecule has 2 aromatic carbocycles. The number of hydrogen-bond donors (Lipinski definition) is 2. The van der Waals surface area contributed by atoms with Crippen LogP contribution in [0.5, 0.6) is 0 Å². The van der Waals surface area contributed by atoms with E-state index < -0.39 is 15.9 Å². The molecule has 0 saturated carbocycles. The van der Waals surface area contributed by atoms with Crippen molar-refractivity contribution in [3.05, 3.63) is 59.1 Å². The summed E-state index contributed by atoms with van der Waals surface area (Å²) >= 11 is 5.77. The lowest BCUT2D eigenvalue weighted by molar-refractivity contribution is -0.119. The lowest BCUT2D eigenvalue weighted by Gasteiger charge is -2.08. The topological polar surface area (TPSA) is 92.3 Å². The van der Waals surface area contributed by atoms with Gasteiger partial charge in [0.1, 0.15) is 0 Å². The Morgan fingerprint density at radius 2 is 1.60 bits per heavy atom. The molecule has 2 aromatic rings. The fourth-order valence-electron chi connectivity index (χ4n) is 2.01. The Morgan fingerprint density at radius 3 is 2.16 bits per heavy atom. The average molecular weight is 381 g/mol. The van der Waals surface area contributed by atoms with Crippen LogP contribution >= 0.6 is 11.6 Å². The molecule has 0 fully saturated rings. The Labute approximate surface area is 151 Å². The van der Waals surface area contributed by atoms with Gasteiger partial charge >= 0.3 is 0 Å². The fourth-order valence-corrected chi connectivity index (χ4v) is 3.15. The molecule has 0 aliphatic carbocycles. The number of amides is 2. The minimum absolute atomic E-state index is 0.0542. The van der Waals surface area contributed by atoms with Gasteiger partial charge in [0.25, 0.3) is 15.9 Å². The zero-order valence-corrected chi connectivity index (χ0v) is 15.0. The van der Waals surface area contributed by atoms with Crippen LogP contribution in [0.2, 0.25) is 5.02 Å². The second-order valence-corrected chi connectivity index (χ2v) is 7.38. The summed E-state index contributed by atoms with van der Waals surface area (Å²) < 4.78 is 26.1. The van der Waals surface area contributed by atoms with E-state index in [-0.39, 0.29) is 17.2 Å². The second-order valence-electron chi connectivity index (χ2n) is 5.26. The highest BCUT2D eigenvalue weighted by molar-refractivity contribution is 7.90. The summed E-state index contributed by atoms with van der Waals surface area (Å²) in [7, 11) is -3.91. The first-order valence-electron chi connectivity index (χ1n) is 7.54. The predicted octanol–water partition coefficient (Wildman–Crippen LogP) is 3.20. The zero-order valence-electron chi connectivity index (χ0n) is 13.5. The van der Waals surface area contributed by atoms with Gasteiger partial charge < -0.3 is 5.32 Å². The number of nitrogens with one attached hydrogen (secondary N) is 2. The SMILES string of the molecule is CCCC(=O)NS(=O)(=O)c1ccc(NC(=O)c2ccc(Cl)cc2)cc1. The summed E-state index contributed by atoms with van der Waals surface area (Å²) in [6.45, 7) is 1.78. The van der Waals surface area contributed by atoms with E-state index in [0.29, 0.717) is 22.7 Å². The lowest BCUT2D eigenvalue weighted by atomic mass is 10.2. The maximum absolute atomic E-state index is 12.1. The molecule has 0 unspecified atom stereocenters. The summed E-state index contributed by atoms with van der Waals surface area (Å²) in [5, 5.41) is 3.18. The van der Waals surface area contributed by atoms with Crippen molar-refractivity contribution >= 4 is 39.1 Å². The third-order valence-corrected chi connectivity index (χ3v) is 4.90. The molecule has 0 heterocycles. The molecule has 132 valence electrons. The van der Waals surface area contributed by atoms with E-state index in [4.69, 9.17) is 11.6 Å². The van der Waals surface area contributed by atoms with E-state index in [1.54, 1.807) is 31.2 Å². The molecule has 0 radical (unpaired) electrons. The van der Waals surface area contributed by atoms with E-state index in [1.807, 2.05) is 4.72 Å². The van der Waals surface area contributed by atoms with E-state index in [2.05, 4.69) is 5.32 Å². The smallest absolute Gasteiger partial charge is 0.264 e. The molecule has 0 spiro atoms. The third kappa shape index (κ3) is 5.30. The Morgan fingerprint density at radius 1 is 1.00 bits per heavy atom. The van der Waals surface area contributed by atoms with Crippen molar-refractivity contribution < 1.29 is 18.0 Å². The summed E-state index contributed by atoms with van der Waals surface area (Å²) in [5.41, 5.74) is 0.853. The van der Waals surface area contributed by atoms with Gasteiger partial charge in [0.05, 0.1) is 4.90 Å². The minimum atomic E-state index is -3.91. The number of anilines is 1. The average Bonchev–Trinajstić information content (AvgIpc) is 2.55. The standard InChI is InChI=1S/C17H17ClN2O4S/c1-2-3-16(21)20-25(23,24)15-10-8-14(9-11-15)19-17(22)12-4-6-13(18)7-5-12/h4-11H,2-3H2,1H3,(H,19,22)(H,20,21). The van der Waals surface area contributed by atoms with E-state index in [0.717, 1.165) is 0 Å². The number of halogens is 1. The fraction of sp³-hybridized carbons (Fsp3) is 0.176. The molecule has 0 saturated heterocycles. The number of carbonyl (C=O) groups excluding carboxylic acids is 2. The first-order valence-corrected chi connectivity index (χ1v) is 9.40. The van der Waals surface area contributed by atoms with Crippen molar-refractivity contribution in [3.8, 4) is 0 Å². The Balaban J connectivity index is 2.07. The van der Waals surface area contributed by atoms with E-state index in [1.165, 1.54) is 24.3 Å². The molecule has 0 atom stereocenters. The second kappa shape index (κ2) is 8.13. The van der Waals surface area contributed by atoms with Crippen LogP contribution in [0.1, 0.15) is 30.1 Å². The highest BCUT2D eigenvalue weighted by Crippen LogP contribution is 2.16. The van der Waals surface area contributed by atoms with Gasteiger partial charge in [0, 0.05) is 22.7 Å². The normalized spacial score (nSPS) is 11.0. The number of carbonyl (C=O) groups is 2. The highest BCUT2D eigenvalue weighted by atomic mass is 35.5. The molecule has 2 rings (SSSR count). The van der Waals surface area contributed by atoms with Crippen molar-refractivity contribution in [1.29, 1.82) is 0 Å². The van der Waals surface area contributed by atoms with E-state index in [9.17, 15) is 18.0 Å². The van der Waals surface area contributed by atoms with Gasteiger partial charge in [0.2, 0.25) is 5.91 Å². The van der Waals surface area contributed by atoms with Gasteiger partial charge in [0.15, 0.2) is 0 Å². The molecule has 25 heavy (non-hydrogen) atoms. The molecule has 0 aliphatic rings. The van der Waals surface area contributed by atoms with Crippen LogP contribution in [0.4, 0.5) is 5.69 Å². The maximum atomic E-state index is 12.1. The van der Waals surface area contributed by atoms with Crippen LogP contribution in [0.25, 0.3) is 0 Å². The summed E-state index contributed by atoms with van der Waals surface area (Å²) in [5.74, 6) is -0.897. The highest BCUT2D eigenvalue weighted by Gasteiger charge is 2.17. The number of sulfonamides is 1. The Bertz CT molecular complexity index is 863. The van der Waals surface area contributed by atoms with Crippen LogP contribution in [0.3, 0.4) is 0 Å². The van der Waals surface area contributed by atoms with Crippen LogP contribution in [0.15, 0.2) is 53.4 Å². The van der Waals surface area contributed by atoms with Crippen LogP contribution in [0, 0.1) is 0 Å². The van der Waals surface area contributed by atoms with E-state index >= 15 is 0 Å². The number of rotatable bonds is 6. The van der Waals surface area contributed by atoms with Crippen molar-refractivity contribution in [3.63, 3.8) is 0 Å². The maximum Gasteiger partial charge on any atom is 0.264 e. The quantitative estimate of drug-likeness (QED) is 0.804. The summed E-state index contributed by atoms with van der Waals surface area (Å²) in [6.07, 6.45) is 0.686. The van der Waals surface area contributed by atoms with Crippen LogP contribution < -0.4 is 10.0 Å². The molecule has 0 aromatic heterocycles. The Hall–Kier alpha value is -2.38. The molecule has 2 N–H and O–H groups in total. The van der Waals surface area contributed by atoms with Crippen molar-refractivity contribution in [2.45, 2.75) is 24.7 Å². The predicted molar refractivity (Wildman–Crippen MR) is 96.1 cm³/mol. The van der Waals surface area contributed by atoms with Crippen molar-refractivity contribution in [2.75, 3.05) is 5.32 Å². The van der Waals surface area contributed by atoms with Crippen molar-refractivity contribution in [1.82, 2.24) is 4.72 Å². The van der Waals surface area contributed by atoms with Gasteiger partial charge in [-0.3, -0.25) is 9.59 Å². The first kappa shape index (κ1) is 19.0. The number of benzene rings is 2. The monoisotopic (exact) mass is 380 g/mol. The third-order valence-electron chi connectivity index (χ3n) is 3.25. The summed E-state index contributed by atoms with van der Waals surface area (Å²) in [4.78, 5) is 23.5. The molecule has 2 amide bonds. The van der Waals surface area contributed by atoms with Crippen LogP contribution in [-0.2, 0) is 14.8 Å². The van der Waals surface area contributed by atoms with Gasteiger partial charge in [-0.05, 0) is 55.0 Å². The molecular formula is C17H17ClN2O4S.